The minimum absolute atomic E-state index is 0.0125. The number of aryl methyl sites for hydroxylation is 1. The van der Waals surface area contributed by atoms with Crippen molar-refractivity contribution in [2.75, 3.05) is 0 Å². The smallest absolute Gasteiger partial charge is 0.244 e. The summed E-state index contributed by atoms with van der Waals surface area (Å²) in [4.78, 5) is 13.1. The molecule has 0 saturated heterocycles. The van der Waals surface area contributed by atoms with Gasteiger partial charge in [0.2, 0.25) is 5.91 Å². The normalized spacial score (nSPS) is 12.4. The first kappa shape index (κ1) is 11.9. The first-order valence-corrected chi connectivity index (χ1v) is 6.36. The van der Waals surface area contributed by atoms with Gasteiger partial charge in [0.15, 0.2) is 0 Å². The van der Waals surface area contributed by atoms with E-state index in [1.54, 1.807) is 28.4 Å². The predicted octanol–water partition coefficient (Wildman–Crippen LogP) is 2.13. The van der Waals surface area contributed by atoms with Crippen LogP contribution in [0.25, 0.3) is 0 Å². The molecule has 90 valence electrons. The van der Waals surface area contributed by atoms with Crippen LogP contribution >= 0.6 is 11.3 Å². The third-order valence-corrected chi connectivity index (χ3v) is 3.72. The molecule has 0 fully saturated rings. The topological polar surface area (TPSA) is 46.9 Å². The second-order valence-electron chi connectivity index (χ2n) is 3.91. The number of hydrogen-bond acceptors (Lipinski definition) is 3. The fourth-order valence-electron chi connectivity index (χ4n) is 1.53. The molecule has 2 heterocycles. The van der Waals surface area contributed by atoms with Crippen LogP contribution in [-0.2, 0) is 11.3 Å². The molecule has 0 spiro atoms. The number of thiophene rings is 1. The first-order valence-electron chi connectivity index (χ1n) is 5.48. The molecule has 0 unspecified atom stereocenters. The van der Waals surface area contributed by atoms with Gasteiger partial charge >= 0.3 is 0 Å². The number of amides is 1. The summed E-state index contributed by atoms with van der Waals surface area (Å²) >= 11 is 1.66. The van der Waals surface area contributed by atoms with Crippen molar-refractivity contribution >= 4 is 17.2 Å². The zero-order chi connectivity index (χ0) is 12.3. The molecule has 0 saturated carbocycles. The quantitative estimate of drug-likeness (QED) is 0.902. The lowest BCUT2D eigenvalue weighted by molar-refractivity contribution is -0.124. The van der Waals surface area contributed by atoms with Crippen molar-refractivity contribution in [3.63, 3.8) is 0 Å². The molecular weight excluding hydrogens is 234 g/mol. The maximum absolute atomic E-state index is 11.9. The number of carbonyl (C=O) groups excluding carboxylic acids is 1. The molecule has 2 aromatic heterocycles. The monoisotopic (exact) mass is 249 g/mol. The zero-order valence-corrected chi connectivity index (χ0v) is 10.7. The lowest BCUT2D eigenvalue weighted by Crippen LogP contribution is -2.30. The minimum Gasteiger partial charge on any atom is -0.349 e. The third-order valence-electron chi connectivity index (χ3n) is 2.69. The van der Waals surface area contributed by atoms with Crippen LogP contribution in [0.1, 0.15) is 23.4 Å². The highest BCUT2D eigenvalue weighted by Gasteiger charge is 2.14. The van der Waals surface area contributed by atoms with Crippen molar-refractivity contribution in [1.82, 2.24) is 15.1 Å². The third kappa shape index (κ3) is 2.74. The van der Waals surface area contributed by atoms with Gasteiger partial charge in [-0.3, -0.25) is 9.48 Å². The van der Waals surface area contributed by atoms with Crippen molar-refractivity contribution in [1.29, 1.82) is 0 Å². The molecule has 4 nitrogen and oxygen atoms in total. The highest BCUT2D eigenvalue weighted by Crippen LogP contribution is 2.15. The zero-order valence-electron chi connectivity index (χ0n) is 9.88. The van der Waals surface area contributed by atoms with E-state index in [0.717, 1.165) is 0 Å². The summed E-state index contributed by atoms with van der Waals surface area (Å²) in [7, 11) is 0. The number of rotatable bonds is 4. The average molecular weight is 249 g/mol. The highest BCUT2D eigenvalue weighted by atomic mass is 32.1. The molecule has 2 aromatic rings. The highest BCUT2D eigenvalue weighted by molar-refractivity contribution is 7.10. The minimum atomic E-state index is -0.273. The maximum Gasteiger partial charge on any atom is 0.244 e. The molecule has 1 atom stereocenters. The van der Waals surface area contributed by atoms with Gasteiger partial charge in [0.25, 0.3) is 0 Å². The van der Waals surface area contributed by atoms with E-state index >= 15 is 0 Å². The van der Waals surface area contributed by atoms with Crippen LogP contribution in [0.15, 0.2) is 29.9 Å². The van der Waals surface area contributed by atoms with Crippen LogP contribution in [0.4, 0.5) is 0 Å². The molecule has 0 aromatic carbocycles. The van der Waals surface area contributed by atoms with E-state index in [1.807, 2.05) is 18.4 Å². The second kappa shape index (κ2) is 5.14. The summed E-state index contributed by atoms with van der Waals surface area (Å²) < 4.78 is 1.65. The number of aromatic nitrogens is 2. The number of nitrogens with zero attached hydrogens (tertiary/aromatic N) is 2. The van der Waals surface area contributed by atoms with Gasteiger partial charge in [-0.1, -0.05) is 0 Å². The number of nitrogens with one attached hydrogen (secondary N) is 1. The Kier molecular flexibility index (Phi) is 3.58. The second-order valence-corrected chi connectivity index (χ2v) is 4.91. The lowest BCUT2D eigenvalue weighted by atomic mass is 10.2. The largest absolute Gasteiger partial charge is 0.349 e. The molecular formula is C12H15N3OS. The van der Waals surface area contributed by atoms with Crippen LogP contribution in [-0.4, -0.2) is 15.7 Å². The summed E-state index contributed by atoms with van der Waals surface area (Å²) in [6.45, 7) is 4.48. The van der Waals surface area contributed by atoms with E-state index < -0.39 is 0 Å². The van der Waals surface area contributed by atoms with Crippen LogP contribution in [0.5, 0.6) is 0 Å². The summed E-state index contributed by atoms with van der Waals surface area (Å²) in [6, 6.07) is 3.60. The van der Waals surface area contributed by atoms with Crippen LogP contribution < -0.4 is 5.32 Å². The Labute approximate surface area is 104 Å². The Morgan fingerprint density at radius 3 is 3.06 bits per heavy atom. The Morgan fingerprint density at radius 1 is 1.65 bits per heavy atom. The van der Waals surface area contributed by atoms with Gasteiger partial charge in [-0.05, 0) is 36.9 Å². The molecule has 5 heteroatoms. The Balaban J connectivity index is 1.92. The number of carbonyl (C=O) groups is 1. The van der Waals surface area contributed by atoms with Crippen molar-refractivity contribution in [3.05, 3.63) is 40.3 Å². The molecule has 2 rings (SSSR count). The average Bonchev–Trinajstić information content (AvgIpc) is 2.96. The predicted molar refractivity (Wildman–Crippen MR) is 67.8 cm³/mol. The van der Waals surface area contributed by atoms with E-state index in [0.29, 0.717) is 6.54 Å². The van der Waals surface area contributed by atoms with Gasteiger partial charge < -0.3 is 5.32 Å². The molecule has 0 aliphatic heterocycles. The van der Waals surface area contributed by atoms with Crippen molar-refractivity contribution in [2.45, 2.75) is 26.4 Å². The van der Waals surface area contributed by atoms with Crippen LogP contribution in [0.2, 0.25) is 0 Å². The van der Waals surface area contributed by atoms with E-state index in [4.69, 9.17) is 0 Å². The molecule has 1 N–H and O–H groups in total. The van der Waals surface area contributed by atoms with Gasteiger partial charge in [0.1, 0.15) is 6.04 Å². The molecule has 0 aliphatic rings. The molecule has 0 aliphatic carbocycles. The standard InChI is InChI=1S/C12H15N3OS/c1-9-4-7-17-11(9)8-13-12(16)10(2)15-6-3-5-14-15/h3-7,10H,8H2,1-2H3,(H,13,16)/t10-/m1/s1. The Hall–Kier alpha value is -1.62. The maximum atomic E-state index is 11.9. The van der Waals surface area contributed by atoms with Gasteiger partial charge in [-0.15, -0.1) is 11.3 Å². The lowest BCUT2D eigenvalue weighted by Gasteiger charge is -2.12. The molecule has 0 bridgehead atoms. The summed E-state index contributed by atoms with van der Waals surface area (Å²) in [5, 5.41) is 9.02. The summed E-state index contributed by atoms with van der Waals surface area (Å²) in [6.07, 6.45) is 3.47. The van der Waals surface area contributed by atoms with E-state index in [2.05, 4.69) is 23.4 Å². The molecule has 17 heavy (non-hydrogen) atoms. The van der Waals surface area contributed by atoms with Crippen LogP contribution in [0, 0.1) is 6.92 Å². The fourth-order valence-corrected chi connectivity index (χ4v) is 2.38. The fraction of sp³-hybridized carbons (Fsp3) is 0.333. The van der Waals surface area contributed by atoms with E-state index in [1.165, 1.54) is 10.4 Å². The van der Waals surface area contributed by atoms with Gasteiger partial charge in [-0.25, -0.2) is 0 Å². The Morgan fingerprint density at radius 2 is 2.47 bits per heavy atom. The van der Waals surface area contributed by atoms with Crippen molar-refractivity contribution in [3.8, 4) is 0 Å². The van der Waals surface area contributed by atoms with Crippen LogP contribution in [0.3, 0.4) is 0 Å². The molecule has 0 radical (unpaired) electrons. The SMILES string of the molecule is Cc1ccsc1CNC(=O)[C@@H](C)n1cccn1. The van der Waals surface area contributed by atoms with Gasteiger partial charge in [-0.2, -0.15) is 5.10 Å². The summed E-state index contributed by atoms with van der Waals surface area (Å²) in [5.74, 6) is -0.0125. The van der Waals surface area contributed by atoms with Gasteiger partial charge in [0, 0.05) is 17.3 Å². The molecule has 1 amide bonds. The van der Waals surface area contributed by atoms with E-state index in [-0.39, 0.29) is 11.9 Å². The Bertz CT molecular complexity index is 490. The summed E-state index contributed by atoms with van der Waals surface area (Å²) in [5.41, 5.74) is 1.22. The van der Waals surface area contributed by atoms with Crippen molar-refractivity contribution in [2.24, 2.45) is 0 Å². The van der Waals surface area contributed by atoms with Crippen molar-refractivity contribution < 1.29 is 4.79 Å². The van der Waals surface area contributed by atoms with Gasteiger partial charge in [0.05, 0.1) is 6.54 Å². The van der Waals surface area contributed by atoms with E-state index in [9.17, 15) is 4.79 Å². The number of hydrogen-bond donors (Lipinski definition) is 1. The first-order chi connectivity index (χ1) is 8.18.